The fraction of sp³-hybridized carbons (Fsp3) is 0.389. The third kappa shape index (κ3) is 2.66. The minimum absolute atomic E-state index is 0.121. The van der Waals surface area contributed by atoms with Gasteiger partial charge in [-0.1, -0.05) is 30.4 Å². The first-order valence-corrected chi connectivity index (χ1v) is 7.74. The van der Waals surface area contributed by atoms with E-state index in [4.69, 9.17) is 4.74 Å². The maximum Gasteiger partial charge on any atom is 0.256 e. The molecule has 0 N–H and O–H groups in total. The van der Waals surface area contributed by atoms with Crippen LogP contribution in [0.4, 0.5) is 0 Å². The predicted octanol–water partition coefficient (Wildman–Crippen LogP) is 3.00. The number of carbonyl (C=O) groups excluding carboxylic acids is 1. The Labute approximate surface area is 131 Å². The van der Waals surface area contributed by atoms with Crippen LogP contribution in [0.3, 0.4) is 0 Å². The molecule has 116 valence electrons. The van der Waals surface area contributed by atoms with Crippen molar-refractivity contribution in [2.75, 3.05) is 26.8 Å². The summed E-state index contributed by atoms with van der Waals surface area (Å²) in [6.07, 6.45) is 7.12. The fourth-order valence-corrected chi connectivity index (χ4v) is 3.08. The maximum atomic E-state index is 12.9. The molecule has 3 rings (SSSR count). The molecule has 1 aromatic heterocycles. The largest absolute Gasteiger partial charge is 0.383 e. The number of carbonyl (C=O) groups is 1. The third-order valence-corrected chi connectivity index (χ3v) is 4.21. The van der Waals surface area contributed by atoms with Gasteiger partial charge in [-0.2, -0.15) is 0 Å². The molecular weight excluding hydrogens is 276 g/mol. The first-order chi connectivity index (χ1) is 10.7. The van der Waals surface area contributed by atoms with Crippen molar-refractivity contribution in [2.45, 2.75) is 19.9 Å². The standard InChI is InChI=1S/C18H22N2O2/c1-14-7-6-8-15-16(13-20(17(14)15)11-12-22-2)18(21)19-9-4-3-5-10-19/h3-4,6-8,13H,5,9-12H2,1-2H3. The molecule has 0 unspecified atom stereocenters. The number of para-hydroxylation sites is 1. The number of nitrogens with zero attached hydrogens (tertiary/aromatic N) is 2. The summed E-state index contributed by atoms with van der Waals surface area (Å²) in [5, 5.41) is 1.04. The number of benzene rings is 1. The number of fused-ring (bicyclic) bond motifs is 1. The highest BCUT2D eigenvalue weighted by Gasteiger charge is 2.21. The normalized spacial score (nSPS) is 14.7. The summed E-state index contributed by atoms with van der Waals surface area (Å²) >= 11 is 0. The van der Waals surface area contributed by atoms with Crippen LogP contribution in [-0.2, 0) is 11.3 Å². The van der Waals surface area contributed by atoms with E-state index in [1.807, 2.05) is 23.2 Å². The average Bonchev–Trinajstić information content (AvgIpc) is 2.93. The van der Waals surface area contributed by atoms with Gasteiger partial charge in [0.25, 0.3) is 5.91 Å². The third-order valence-electron chi connectivity index (χ3n) is 4.21. The Bertz CT molecular complexity index is 715. The van der Waals surface area contributed by atoms with Gasteiger partial charge in [0.1, 0.15) is 0 Å². The van der Waals surface area contributed by atoms with Gasteiger partial charge in [0.15, 0.2) is 0 Å². The Morgan fingerprint density at radius 1 is 1.32 bits per heavy atom. The summed E-state index contributed by atoms with van der Waals surface area (Å²) in [7, 11) is 1.70. The molecule has 2 heterocycles. The minimum Gasteiger partial charge on any atom is -0.383 e. The van der Waals surface area contributed by atoms with E-state index in [2.05, 4.69) is 29.7 Å². The highest BCUT2D eigenvalue weighted by Crippen LogP contribution is 2.26. The van der Waals surface area contributed by atoms with Gasteiger partial charge in [0.2, 0.25) is 0 Å². The lowest BCUT2D eigenvalue weighted by atomic mass is 10.1. The Kier molecular flexibility index (Phi) is 4.29. The van der Waals surface area contributed by atoms with E-state index in [1.165, 1.54) is 5.56 Å². The summed E-state index contributed by atoms with van der Waals surface area (Å²) in [5.74, 6) is 0.121. The molecule has 0 radical (unpaired) electrons. The van der Waals surface area contributed by atoms with E-state index in [0.717, 1.165) is 36.0 Å². The molecule has 22 heavy (non-hydrogen) atoms. The lowest BCUT2D eigenvalue weighted by Crippen LogP contribution is -2.33. The Balaban J connectivity index is 2.03. The molecule has 1 aromatic carbocycles. The topological polar surface area (TPSA) is 34.5 Å². The van der Waals surface area contributed by atoms with Gasteiger partial charge in [-0.3, -0.25) is 4.79 Å². The van der Waals surface area contributed by atoms with Crippen LogP contribution in [0.1, 0.15) is 22.3 Å². The zero-order valence-corrected chi connectivity index (χ0v) is 13.2. The van der Waals surface area contributed by atoms with Gasteiger partial charge in [-0.05, 0) is 18.9 Å². The zero-order valence-electron chi connectivity index (χ0n) is 13.2. The number of aryl methyl sites for hydroxylation is 1. The monoisotopic (exact) mass is 298 g/mol. The quantitative estimate of drug-likeness (QED) is 0.813. The van der Waals surface area contributed by atoms with E-state index in [1.54, 1.807) is 7.11 Å². The highest BCUT2D eigenvalue weighted by atomic mass is 16.5. The number of ether oxygens (including phenoxy) is 1. The Hall–Kier alpha value is -2.07. The van der Waals surface area contributed by atoms with Crippen molar-refractivity contribution in [2.24, 2.45) is 0 Å². The molecule has 1 aliphatic heterocycles. The first-order valence-electron chi connectivity index (χ1n) is 7.74. The van der Waals surface area contributed by atoms with Gasteiger partial charge in [0, 0.05) is 38.3 Å². The van der Waals surface area contributed by atoms with Gasteiger partial charge < -0.3 is 14.2 Å². The van der Waals surface area contributed by atoms with Crippen molar-refractivity contribution in [3.05, 3.63) is 47.7 Å². The van der Waals surface area contributed by atoms with Crippen LogP contribution in [0.25, 0.3) is 10.9 Å². The molecule has 0 saturated carbocycles. The minimum atomic E-state index is 0.121. The Morgan fingerprint density at radius 3 is 2.91 bits per heavy atom. The lowest BCUT2D eigenvalue weighted by molar-refractivity contribution is 0.0772. The molecule has 0 saturated heterocycles. The van der Waals surface area contributed by atoms with Crippen LogP contribution in [0, 0.1) is 6.92 Å². The molecule has 0 aliphatic carbocycles. The molecule has 1 aliphatic rings. The van der Waals surface area contributed by atoms with E-state index in [-0.39, 0.29) is 5.91 Å². The number of amides is 1. The second-order valence-corrected chi connectivity index (χ2v) is 5.71. The van der Waals surface area contributed by atoms with Gasteiger partial charge in [-0.25, -0.2) is 0 Å². The summed E-state index contributed by atoms with van der Waals surface area (Å²) in [5.41, 5.74) is 3.12. The molecule has 0 spiro atoms. The van der Waals surface area contributed by atoms with E-state index in [0.29, 0.717) is 13.2 Å². The zero-order chi connectivity index (χ0) is 15.5. The molecular formula is C18H22N2O2. The van der Waals surface area contributed by atoms with Crippen molar-refractivity contribution < 1.29 is 9.53 Å². The van der Waals surface area contributed by atoms with Crippen molar-refractivity contribution in [1.29, 1.82) is 0 Å². The van der Waals surface area contributed by atoms with Crippen LogP contribution in [-0.4, -0.2) is 42.2 Å². The number of hydrogen-bond acceptors (Lipinski definition) is 2. The van der Waals surface area contributed by atoms with Crippen LogP contribution in [0.5, 0.6) is 0 Å². The number of rotatable bonds is 4. The van der Waals surface area contributed by atoms with Gasteiger partial charge in [-0.15, -0.1) is 0 Å². The van der Waals surface area contributed by atoms with E-state index in [9.17, 15) is 4.79 Å². The number of hydrogen-bond donors (Lipinski definition) is 0. The van der Waals surface area contributed by atoms with Crippen molar-refractivity contribution in [1.82, 2.24) is 9.47 Å². The maximum absolute atomic E-state index is 12.9. The Morgan fingerprint density at radius 2 is 2.18 bits per heavy atom. The summed E-state index contributed by atoms with van der Waals surface area (Å²) in [4.78, 5) is 14.8. The molecule has 4 nitrogen and oxygen atoms in total. The summed E-state index contributed by atoms with van der Waals surface area (Å²) < 4.78 is 7.34. The molecule has 0 atom stereocenters. The second-order valence-electron chi connectivity index (χ2n) is 5.71. The van der Waals surface area contributed by atoms with E-state index >= 15 is 0 Å². The molecule has 0 bridgehead atoms. The number of aromatic nitrogens is 1. The molecule has 2 aromatic rings. The van der Waals surface area contributed by atoms with Crippen LogP contribution in [0.15, 0.2) is 36.5 Å². The molecule has 0 fully saturated rings. The lowest BCUT2D eigenvalue weighted by Gasteiger charge is -2.23. The van der Waals surface area contributed by atoms with Gasteiger partial charge >= 0.3 is 0 Å². The van der Waals surface area contributed by atoms with Crippen molar-refractivity contribution in [3.8, 4) is 0 Å². The van der Waals surface area contributed by atoms with Crippen LogP contribution in [0.2, 0.25) is 0 Å². The highest BCUT2D eigenvalue weighted by molar-refractivity contribution is 6.07. The van der Waals surface area contributed by atoms with E-state index < -0.39 is 0 Å². The summed E-state index contributed by atoms with van der Waals surface area (Å²) in [6, 6.07) is 6.15. The molecule has 1 amide bonds. The second kappa shape index (κ2) is 6.36. The first kappa shape index (κ1) is 14.9. The SMILES string of the molecule is COCCn1cc(C(=O)N2CC=CCC2)c2cccc(C)c21. The van der Waals surface area contributed by atoms with Crippen molar-refractivity contribution in [3.63, 3.8) is 0 Å². The predicted molar refractivity (Wildman–Crippen MR) is 88.2 cm³/mol. The summed E-state index contributed by atoms with van der Waals surface area (Å²) in [6.45, 7) is 4.98. The average molecular weight is 298 g/mol. The smallest absolute Gasteiger partial charge is 0.256 e. The van der Waals surface area contributed by atoms with Crippen LogP contribution < -0.4 is 0 Å². The van der Waals surface area contributed by atoms with Crippen molar-refractivity contribution >= 4 is 16.8 Å². The van der Waals surface area contributed by atoms with Gasteiger partial charge in [0.05, 0.1) is 17.7 Å². The fourth-order valence-electron chi connectivity index (χ4n) is 3.08. The molecule has 4 heteroatoms. The van der Waals surface area contributed by atoms with Crippen LogP contribution >= 0.6 is 0 Å². The number of methoxy groups -OCH3 is 1.